The highest BCUT2D eigenvalue weighted by atomic mass is 32.1. The summed E-state index contributed by atoms with van der Waals surface area (Å²) in [5.41, 5.74) is 2.22. The molecule has 26 heavy (non-hydrogen) atoms. The molecule has 2 aromatic heterocycles. The van der Waals surface area contributed by atoms with Gasteiger partial charge in [0.25, 0.3) is 5.91 Å². The Morgan fingerprint density at radius 2 is 2.08 bits per heavy atom. The number of aryl methyl sites for hydroxylation is 1. The molecule has 3 aromatic rings. The number of para-hydroxylation sites is 1. The number of rotatable bonds is 7. The van der Waals surface area contributed by atoms with Gasteiger partial charge in [-0.05, 0) is 43.2 Å². The quantitative estimate of drug-likeness (QED) is 0.496. The van der Waals surface area contributed by atoms with Crippen molar-refractivity contribution in [2.45, 2.75) is 13.3 Å². The Hall–Kier alpha value is -2.86. The number of aromatic amines is 1. The number of carbonyl (C=O) groups excluding carboxylic acids is 2. The smallest absolute Gasteiger partial charge is 0.331 e. The van der Waals surface area contributed by atoms with Crippen LogP contribution in [-0.4, -0.2) is 30.0 Å². The summed E-state index contributed by atoms with van der Waals surface area (Å²) in [5, 5.41) is 3.92. The third kappa shape index (κ3) is 4.83. The topological polar surface area (TPSA) is 71.2 Å². The molecule has 0 unspecified atom stereocenters. The number of nitrogens with one attached hydrogen (secondary N) is 2. The fraction of sp³-hybridized carbons (Fsp3) is 0.200. The molecule has 0 spiro atoms. The standard InChI is InChI=1S/C20H20N2O3S/c1-14-6-7-16(26-14)8-9-20(24)25-13-19(23)21-11-10-15-12-22-18-5-3-2-4-17(15)18/h2-9,12,22H,10-11,13H2,1H3,(H,21,23)/b9-8+. The van der Waals surface area contributed by atoms with Gasteiger partial charge in [0.05, 0.1) is 0 Å². The Labute approximate surface area is 155 Å². The number of hydrogen-bond donors (Lipinski definition) is 2. The van der Waals surface area contributed by atoms with Crippen LogP contribution in [0.1, 0.15) is 15.3 Å². The van der Waals surface area contributed by atoms with E-state index in [4.69, 9.17) is 4.74 Å². The lowest BCUT2D eigenvalue weighted by molar-refractivity contribution is -0.143. The Morgan fingerprint density at radius 1 is 1.23 bits per heavy atom. The van der Waals surface area contributed by atoms with Crippen LogP contribution in [0.2, 0.25) is 0 Å². The number of fused-ring (bicyclic) bond motifs is 1. The van der Waals surface area contributed by atoms with Gasteiger partial charge < -0.3 is 15.0 Å². The molecule has 0 saturated heterocycles. The molecule has 1 aromatic carbocycles. The molecule has 0 aliphatic rings. The molecule has 3 rings (SSSR count). The lowest BCUT2D eigenvalue weighted by Crippen LogP contribution is -2.30. The molecule has 5 nitrogen and oxygen atoms in total. The first-order valence-electron chi connectivity index (χ1n) is 8.35. The predicted molar refractivity (Wildman–Crippen MR) is 104 cm³/mol. The van der Waals surface area contributed by atoms with Crippen molar-refractivity contribution in [3.63, 3.8) is 0 Å². The van der Waals surface area contributed by atoms with Crippen molar-refractivity contribution in [1.29, 1.82) is 0 Å². The van der Waals surface area contributed by atoms with Gasteiger partial charge in [0, 0.05) is 39.5 Å². The van der Waals surface area contributed by atoms with E-state index in [9.17, 15) is 9.59 Å². The van der Waals surface area contributed by atoms with Gasteiger partial charge in [0.15, 0.2) is 6.61 Å². The van der Waals surface area contributed by atoms with Gasteiger partial charge in [0.1, 0.15) is 0 Å². The van der Waals surface area contributed by atoms with Crippen molar-refractivity contribution >= 4 is 40.2 Å². The summed E-state index contributed by atoms with van der Waals surface area (Å²) in [7, 11) is 0. The highest BCUT2D eigenvalue weighted by Crippen LogP contribution is 2.18. The number of aromatic nitrogens is 1. The highest BCUT2D eigenvalue weighted by Gasteiger charge is 2.06. The molecule has 0 atom stereocenters. The molecule has 0 bridgehead atoms. The second kappa shape index (κ2) is 8.49. The molecule has 2 N–H and O–H groups in total. The predicted octanol–water partition coefficient (Wildman–Crippen LogP) is 3.45. The highest BCUT2D eigenvalue weighted by molar-refractivity contribution is 7.12. The van der Waals surface area contributed by atoms with Crippen molar-refractivity contribution in [2.24, 2.45) is 0 Å². The molecule has 0 aliphatic heterocycles. The summed E-state index contributed by atoms with van der Waals surface area (Å²) in [6, 6.07) is 11.9. The number of thiophene rings is 1. The third-order valence-corrected chi connectivity index (χ3v) is 4.85. The molecule has 0 radical (unpaired) electrons. The maximum absolute atomic E-state index is 11.8. The monoisotopic (exact) mass is 368 g/mol. The zero-order valence-corrected chi connectivity index (χ0v) is 15.3. The van der Waals surface area contributed by atoms with E-state index in [0.29, 0.717) is 13.0 Å². The van der Waals surface area contributed by atoms with Gasteiger partial charge in [0.2, 0.25) is 0 Å². The van der Waals surface area contributed by atoms with Crippen LogP contribution in [0.5, 0.6) is 0 Å². The van der Waals surface area contributed by atoms with Crippen LogP contribution in [-0.2, 0) is 20.7 Å². The van der Waals surface area contributed by atoms with Crippen LogP contribution >= 0.6 is 11.3 Å². The van der Waals surface area contributed by atoms with Gasteiger partial charge in [-0.3, -0.25) is 4.79 Å². The molecule has 1 amide bonds. The first-order chi connectivity index (χ1) is 12.6. The maximum Gasteiger partial charge on any atom is 0.331 e. The number of hydrogen-bond acceptors (Lipinski definition) is 4. The van der Waals surface area contributed by atoms with Crippen LogP contribution in [0.3, 0.4) is 0 Å². The van der Waals surface area contributed by atoms with E-state index in [1.807, 2.05) is 49.5 Å². The Kier molecular flexibility index (Phi) is 5.86. The lowest BCUT2D eigenvalue weighted by Gasteiger charge is -2.05. The van der Waals surface area contributed by atoms with Gasteiger partial charge >= 0.3 is 5.97 Å². The van der Waals surface area contributed by atoms with Crippen LogP contribution in [0.4, 0.5) is 0 Å². The molecule has 6 heteroatoms. The van der Waals surface area contributed by atoms with Gasteiger partial charge in [-0.25, -0.2) is 4.79 Å². The molecule has 2 heterocycles. The minimum absolute atomic E-state index is 0.277. The average Bonchev–Trinajstić information content (AvgIpc) is 3.24. The molecule has 0 aliphatic carbocycles. The minimum Gasteiger partial charge on any atom is -0.452 e. The molecule has 0 saturated carbocycles. The fourth-order valence-electron chi connectivity index (χ4n) is 2.60. The average molecular weight is 368 g/mol. The van der Waals surface area contributed by atoms with Crippen LogP contribution in [0.25, 0.3) is 17.0 Å². The summed E-state index contributed by atoms with van der Waals surface area (Å²) in [6.07, 6.45) is 5.69. The van der Waals surface area contributed by atoms with Crippen LogP contribution < -0.4 is 5.32 Å². The number of H-pyrrole nitrogens is 1. The van der Waals surface area contributed by atoms with Gasteiger partial charge in [-0.1, -0.05) is 18.2 Å². The molecular weight excluding hydrogens is 348 g/mol. The minimum atomic E-state index is -0.525. The van der Waals surface area contributed by atoms with Gasteiger partial charge in [-0.15, -0.1) is 11.3 Å². The SMILES string of the molecule is Cc1ccc(/C=C/C(=O)OCC(=O)NCCc2c[nH]c3ccccc23)s1. The number of carbonyl (C=O) groups is 2. The van der Waals surface area contributed by atoms with Crippen molar-refractivity contribution in [3.05, 3.63) is 64.0 Å². The number of amides is 1. The number of ether oxygens (including phenoxy) is 1. The van der Waals surface area contributed by atoms with E-state index in [1.165, 1.54) is 11.0 Å². The third-order valence-electron chi connectivity index (χ3n) is 3.88. The zero-order valence-electron chi connectivity index (χ0n) is 14.5. The summed E-state index contributed by atoms with van der Waals surface area (Å²) in [5.74, 6) is -0.832. The summed E-state index contributed by atoms with van der Waals surface area (Å²) < 4.78 is 4.95. The van der Waals surface area contributed by atoms with Crippen molar-refractivity contribution in [1.82, 2.24) is 10.3 Å². The van der Waals surface area contributed by atoms with Crippen molar-refractivity contribution in [2.75, 3.05) is 13.2 Å². The van der Waals surface area contributed by atoms with E-state index in [1.54, 1.807) is 17.4 Å². The fourth-order valence-corrected chi connectivity index (χ4v) is 3.38. The van der Waals surface area contributed by atoms with E-state index >= 15 is 0 Å². The Morgan fingerprint density at radius 3 is 2.88 bits per heavy atom. The molecular formula is C20H20N2O3S. The Bertz CT molecular complexity index is 939. The summed E-state index contributed by atoms with van der Waals surface area (Å²) in [6.45, 7) is 2.21. The summed E-state index contributed by atoms with van der Waals surface area (Å²) >= 11 is 1.59. The van der Waals surface area contributed by atoms with Crippen molar-refractivity contribution < 1.29 is 14.3 Å². The summed E-state index contributed by atoms with van der Waals surface area (Å²) in [4.78, 5) is 28.8. The lowest BCUT2D eigenvalue weighted by atomic mass is 10.1. The second-order valence-corrected chi connectivity index (χ2v) is 7.17. The number of esters is 1. The van der Waals surface area contributed by atoms with E-state index in [2.05, 4.69) is 10.3 Å². The first kappa shape index (κ1) is 17.9. The number of benzene rings is 1. The van der Waals surface area contributed by atoms with E-state index in [-0.39, 0.29) is 12.5 Å². The van der Waals surface area contributed by atoms with Crippen molar-refractivity contribution in [3.8, 4) is 0 Å². The second-order valence-electron chi connectivity index (χ2n) is 5.85. The van der Waals surface area contributed by atoms with E-state index < -0.39 is 5.97 Å². The molecule has 134 valence electrons. The zero-order chi connectivity index (χ0) is 18.4. The van der Waals surface area contributed by atoms with E-state index in [0.717, 1.165) is 21.3 Å². The van der Waals surface area contributed by atoms with Crippen LogP contribution in [0.15, 0.2) is 48.7 Å². The van der Waals surface area contributed by atoms with Gasteiger partial charge in [-0.2, -0.15) is 0 Å². The first-order valence-corrected chi connectivity index (χ1v) is 9.16. The maximum atomic E-state index is 11.8. The Balaban J connectivity index is 1.39. The largest absolute Gasteiger partial charge is 0.452 e. The normalized spacial score (nSPS) is 11.1. The van der Waals surface area contributed by atoms with Crippen LogP contribution in [0, 0.1) is 6.92 Å². The molecule has 0 fully saturated rings.